The van der Waals surface area contributed by atoms with Crippen molar-refractivity contribution in [3.05, 3.63) is 35.4 Å². The molecule has 80 valence electrons. The van der Waals surface area contributed by atoms with Crippen molar-refractivity contribution >= 4 is 11.8 Å². The van der Waals surface area contributed by atoms with Gasteiger partial charge in [-0.3, -0.25) is 4.79 Å². The van der Waals surface area contributed by atoms with Gasteiger partial charge in [0.1, 0.15) is 0 Å². The standard InChI is InChI=1S/C12H14O3/c1-3-15-12(14)11(13)8-10-6-4-9(2)5-7-10/h4-7H,3,8H2,1-2H3. The number of aryl methyl sites for hydroxylation is 1. The molecule has 0 radical (unpaired) electrons. The lowest BCUT2D eigenvalue weighted by Crippen LogP contribution is -2.19. The highest BCUT2D eigenvalue weighted by molar-refractivity contribution is 6.34. The summed E-state index contributed by atoms with van der Waals surface area (Å²) in [6.07, 6.45) is 0.110. The van der Waals surface area contributed by atoms with Crippen molar-refractivity contribution in [2.24, 2.45) is 0 Å². The zero-order valence-electron chi connectivity index (χ0n) is 8.95. The Balaban J connectivity index is 2.58. The molecule has 0 heterocycles. The van der Waals surface area contributed by atoms with E-state index in [1.165, 1.54) is 0 Å². The van der Waals surface area contributed by atoms with Crippen LogP contribution in [0.4, 0.5) is 0 Å². The Morgan fingerprint density at radius 2 is 1.80 bits per heavy atom. The van der Waals surface area contributed by atoms with E-state index in [1.54, 1.807) is 6.92 Å². The van der Waals surface area contributed by atoms with Crippen LogP contribution in [0.15, 0.2) is 24.3 Å². The Labute approximate surface area is 89.1 Å². The molecule has 0 saturated heterocycles. The number of hydrogen-bond acceptors (Lipinski definition) is 3. The van der Waals surface area contributed by atoms with Crippen molar-refractivity contribution in [2.75, 3.05) is 6.61 Å². The molecule has 0 bridgehead atoms. The number of carbonyl (C=O) groups excluding carboxylic acids is 2. The molecule has 0 spiro atoms. The predicted molar refractivity (Wildman–Crippen MR) is 56.5 cm³/mol. The zero-order valence-corrected chi connectivity index (χ0v) is 8.95. The van der Waals surface area contributed by atoms with Crippen molar-refractivity contribution < 1.29 is 14.3 Å². The lowest BCUT2D eigenvalue weighted by atomic mass is 10.1. The van der Waals surface area contributed by atoms with Crippen molar-refractivity contribution in [3.63, 3.8) is 0 Å². The third kappa shape index (κ3) is 3.54. The summed E-state index contributed by atoms with van der Waals surface area (Å²) < 4.78 is 4.61. The zero-order chi connectivity index (χ0) is 11.3. The topological polar surface area (TPSA) is 43.4 Å². The quantitative estimate of drug-likeness (QED) is 0.556. The van der Waals surface area contributed by atoms with E-state index in [9.17, 15) is 9.59 Å². The minimum Gasteiger partial charge on any atom is -0.460 e. The molecule has 0 fully saturated rings. The van der Waals surface area contributed by atoms with E-state index < -0.39 is 11.8 Å². The Bertz CT molecular complexity index is 352. The molecule has 15 heavy (non-hydrogen) atoms. The van der Waals surface area contributed by atoms with Crippen LogP contribution in [0.1, 0.15) is 18.1 Å². The Hall–Kier alpha value is -1.64. The Kier molecular flexibility index (Phi) is 4.03. The smallest absolute Gasteiger partial charge is 0.374 e. The van der Waals surface area contributed by atoms with Gasteiger partial charge in [-0.1, -0.05) is 29.8 Å². The van der Waals surface area contributed by atoms with Crippen LogP contribution in [-0.2, 0) is 20.7 Å². The third-order valence-electron chi connectivity index (χ3n) is 1.99. The molecule has 0 unspecified atom stereocenters. The van der Waals surface area contributed by atoms with Gasteiger partial charge in [-0.2, -0.15) is 0 Å². The monoisotopic (exact) mass is 206 g/mol. The maximum Gasteiger partial charge on any atom is 0.374 e. The van der Waals surface area contributed by atoms with Crippen LogP contribution in [0.3, 0.4) is 0 Å². The molecule has 0 aliphatic carbocycles. The summed E-state index contributed by atoms with van der Waals surface area (Å²) in [4.78, 5) is 22.4. The molecule has 0 N–H and O–H groups in total. The number of ketones is 1. The summed E-state index contributed by atoms with van der Waals surface area (Å²) in [5.41, 5.74) is 1.96. The van der Waals surface area contributed by atoms with Crippen LogP contribution in [0.25, 0.3) is 0 Å². The van der Waals surface area contributed by atoms with Crippen LogP contribution in [0.5, 0.6) is 0 Å². The summed E-state index contributed by atoms with van der Waals surface area (Å²) in [5.74, 6) is -1.25. The van der Waals surface area contributed by atoms with E-state index in [2.05, 4.69) is 4.74 Å². The van der Waals surface area contributed by atoms with Gasteiger partial charge in [0, 0.05) is 6.42 Å². The van der Waals surface area contributed by atoms with E-state index >= 15 is 0 Å². The van der Waals surface area contributed by atoms with Crippen molar-refractivity contribution in [1.29, 1.82) is 0 Å². The van der Waals surface area contributed by atoms with Crippen molar-refractivity contribution in [3.8, 4) is 0 Å². The number of benzene rings is 1. The summed E-state index contributed by atoms with van der Waals surface area (Å²) in [7, 11) is 0. The fourth-order valence-corrected chi connectivity index (χ4v) is 1.18. The van der Waals surface area contributed by atoms with Gasteiger partial charge in [0.25, 0.3) is 0 Å². The molecule has 0 saturated carbocycles. The molecule has 0 aliphatic rings. The normalized spacial score (nSPS) is 9.73. The molecule has 0 amide bonds. The highest BCUT2D eigenvalue weighted by Gasteiger charge is 2.14. The summed E-state index contributed by atoms with van der Waals surface area (Å²) in [6, 6.07) is 7.50. The molecule has 3 nitrogen and oxygen atoms in total. The fraction of sp³-hybridized carbons (Fsp3) is 0.333. The molecule has 3 heteroatoms. The Morgan fingerprint density at radius 1 is 1.20 bits per heavy atom. The van der Waals surface area contributed by atoms with Crippen LogP contribution in [-0.4, -0.2) is 18.4 Å². The number of esters is 1. The molecular formula is C12H14O3. The van der Waals surface area contributed by atoms with Gasteiger partial charge in [-0.15, -0.1) is 0 Å². The van der Waals surface area contributed by atoms with E-state index in [0.717, 1.165) is 11.1 Å². The second-order valence-corrected chi connectivity index (χ2v) is 3.31. The van der Waals surface area contributed by atoms with E-state index in [0.29, 0.717) is 0 Å². The molecule has 1 rings (SSSR count). The Morgan fingerprint density at radius 3 is 2.33 bits per heavy atom. The number of ether oxygens (including phenoxy) is 1. The molecule has 0 aliphatic heterocycles. The maximum absolute atomic E-state index is 11.3. The fourth-order valence-electron chi connectivity index (χ4n) is 1.18. The molecule has 0 aromatic heterocycles. The average molecular weight is 206 g/mol. The predicted octanol–water partition coefficient (Wildman–Crippen LogP) is 1.67. The summed E-state index contributed by atoms with van der Waals surface area (Å²) >= 11 is 0. The molecule has 1 aromatic rings. The van der Waals surface area contributed by atoms with Gasteiger partial charge in [0.15, 0.2) is 0 Å². The van der Waals surface area contributed by atoms with Gasteiger partial charge in [-0.25, -0.2) is 4.79 Å². The maximum atomic E-state index is 11.3. The van der Waals surface area contributed by atoms with Crippen LogP contribution < -0.4 is 0 Å². The number of carbonyl (C=O) groups is 2. The first-order chi connectivity index (χ1) is 7.13. The van der Waals surface area contributed by atoms with Crippen LogP contribution >= 0.6 is 0 Å². The first-order valence-corrected chi connectivity index (χ1v) is 4.89. The first kappa shape index (κ1) is 11.4. The van der Waals surface area contributed by atoms with Gasteiger partial charge in [0.2, 0.25) is 5.78 Å². The second kappa shape index (κ2) is 5.29. The number of rotatable bonds is 4. The minimum absolute atomic E-state index is 0.110. The first-order valence-electron chi connectivity index (χ1n) is 4.89. The highest BCUT2D eigenvalue weighted by Crippen LogP contribution is 2.04. The number of Topliss-reactive ketones (excluding diaryl/α,β-unsaturated/α-hetero) is 1. The van der Waals surface area contributed by atoms with Crippen LogP contribution in [0, 0.1) is 6.92 Å². The van der Waals surface area contributed by atoms with E-state index in [1.807, 2.05) is 31.2 Å². The van der Waals surface area contributed by atoms with Crippen LogP contribution in [0.2, 0.25) is 0 Å². The second-order valence-electron chi connectivity index (χ2n) is 3.31. The SMILES string of the molecule is CCOC(=O)C(=O)Cc1ccc(C)cc1. The summed E-state index contributed by atoms with van der Waals surface area (Å²) in [6.45, 7) is 3.88. The van der Waals surface area contributed by atoms with Gasteiger partial charge in [-0.05, 0) is 19.4 Å². The molecular weight excluding hydrogens is 192 g/mol. The largest absolute Gasteiger partial charge is 0.460 e. The minimum atomic E-state index is -0.752. The highest BCUT2D eigenvalue weighted by atomic mass is 16.5. The lowest BCUT2D eigenvalue weighted by Gasteiger charge is -2.01. The van der Waals surface area contributed by atoms with Crippen molar-refractivity contribution in [1.82, 2.24) is 0 Å². The van der Waals surface area contributed by atoms with Gasteiger partial charge >= 0.3 is 5.97 Å². The molecule has 0 atom stereocenters. The average Bonchev–Trinajstić information content (AvgIpc) is 2.22. The van der Waals surface area contributed by atoms with E-state index in [4.69, 9.17) is 0 Å². The van der Waals surface area contributed by atoms with Gasteiger partial charge < -0.3 is 4.74 Å². The third-order valence-corrected chi connectivity index (χ3v) is 1.99. The van der Waals surface area contributed by atoms with Gasteiger partial charge in [0.05, 0.1) is 6.61 Å². The molecule has 1 aromatic carbocycles. The number of hydrogen-bond donors (Lipinski definition) is 0. The van der Waals surface area contributed by atoms with Crippen molar-refractivity contribution in [2.45, 2.75) is 20.3 Å². The van der Waals surface area contributed by atoms with E-state index in [-0.39, 0.29) is 13.0 Å². The lowest BCUT2D eigenvalue weighted by molar-refractivity contribution is -0.153. The summed E-state index contributed by atoms with van der Waals surface area (Å²) in [5, 5.41) is 0.